The van der Waals surface area contributed by atoms with Crippen LogP contribution in [0.2, 0.25) is 0 Å². The number of benzene rings is 2. The fourth-order valence-corrected chi connectivity index (χ4v) is 2.27. The van der Waals surface area contributed by atoms with Crippen LogP contribution in [0.5, 0.6) is 0 Å². The summed E-state index contributed by atoms with van der Waals surface area (Å²) < 4.78 is 36.3. The molecule has 0 radical (unpaired) electrons. The fourth-order valence-electron chi connectivity index (χ4n) is 1.43. The van der Waals surface area contributed by atoms with Gasteiger partial charge in [-0.1, -0.05) is 30.0 Å². The molecule has 0 aliphatic heterocycles. The Bertz CT molecular complexity index is 582. The molecule has 0 aliphatic carbocycles. The second-order valence-corrected chi connectivity index (χ2v) is 5.04. The molecule has 2 nitrogen and oxygen atoms in total. The molecule has 0 spiro atoms. The summed E-state index contributed by atoms with van der Waals surface area (Å²) in [4.78, 5) is 12.7. The predicted octanol–water partition coefficient (Wildman–Crippen LogP) is 4.34. The number of anilines is 1. The van der Waals surface area contributed by atoms with Crippen molar-refractivity contribution in [1.29, 1.82) is 0 Å². The number of carbonyl (C=O) groups excluding carboxylic acids is 1. The van der Waals surface area contributed by atoms with Crippen LogP contribution >= 0.6 is 11.8 Å². The lowest BCUT2D eigenvalue weighted by Gasteiger charge is -2.08. The number of hydrogen-bond acceptors (Lipinski definition) is 2. The molecule has 20 heavy (non-hydrogen) atoms. The van der Waals surface area contributed by atoms with Gasteiger partial charge in [-0.05, 0) is 36.4 Å². The van der Waals surface area contributed by atoms with Crippen LogP contribution in [0.25, 0.3) is 0 Å². The molecule has 0 aromatic heterocycles. The molecule has 0 unspecified atom stereocenters. The number of rotatable bonds is 3. The summed E-state index contributed by atoms with van der Waals surface area (Å²) >= 11 is 1.49. The first-order valence-corrected chi connectivity index (χ1v) is 6.48. The zero-order chi connectivity index (χ0) is 14.6. The lowest BCUT2D eigenvalue weighted by Crippen LogP contribution is -2.29. The highest BCUT2D eigenvalue weighted by Crippen LogP contribution is 2.28. The molecule has 0 heterocycles. The van der Waals surface area contributed by atoms with Gasteiger partial charge in [0.25, 0.3) is 0 Å². The highest BCUT2D eigenvalue weighted by atomic mass is 32.2. The third-order valence-electron chi connectivity index (χ3n) is 2.35. The van der Waals surface area contributed by atoms with E-state index in [2.05, 4.69) is 0 Å². The number of nitrogens with one attached hydrogen (secondary N) is 1. The molecular formula is C14H10F3NOS. The maximum Gasteiger partial charge on any atom is 0.471 e. The molecule has 2 aromatic carbocycles. The van der Waals surface area contributed by atoms with Crippen molar-refractivity contribution in [3.63, 3.8) is 0 Å². The maximum absolute atomic E-state index is 12.1. The molecule has 2 aromatic rings. The van der Waals surface area contributed by atoms with E-state index in [1.165, 1.54) is 23.9 Å². The van der Waals surface area contributed by atoms with Gasteiger partial charge in [0.15, 0.2) is 0 Å². The van der Waals surface area contributed by atoms with Crippen molar-refractivity contribution in [2.45, 2.75) is 16.0 Å². The number of halogens is 3. The number of hydrogen-bond donors (Lipinski definition) is 1. The number of alkyl halides is 3. The Morgan fingerprint density at radius 2 is 1.45 bits per heavy atom. The molecule has 0 fully saturated rings. The van der Waals surface area contributed by atoms with Crippen molar-refractivity contribution in [1.82, 2.24) is 0 Å². The third kappa shape index (κ3) is 4.03. The van der Waals surface area contributed by atoms with Gasteiger partial charge in [-0.2, -0.15) is 13.2 Å². The molecule has 104 valence electrons. The second kappa shape index (κ2) is 6.00. The van der Waals surface area contributed by atoms with Gasteiger partial charge in [-0.25, -0.2) is 0 Å². The van der Waals surface area contributed by atoms with Gasteiger partial charge >= 0.3 is 12.1 Å². The molecule has 0 bridgehead atoms. The van der Waals surface area contributed by atoms with Crippen molar-refractivity contribution in [3.8, 4) is 0 Å². The summed E-state index contributed by atoms with van der Waals surface area (Å²) in [6.07, 6.45) is -4.88. The van der Waals surface area contributed by atoms with Gasteiger partial charge in [-0.15, -0.1) is 0 Å². The molecule has 6 heteroatoms. The summed E-state index contributed by atoms with van der Waals surface area (Å²) in [5.74, 6) is -1.97. The Balaban J connectivity index is 2.02. The third-order valence-corrected chi connectivity index (χ3v) is 3.36. The highest BCUT2D eigenvalue weighted by molar-refractivity contribution is 7.99. The molecule has 0 aliphatic rings. The predicted molar refractivity (Wildman–Crippen MR) is 71.7 cm³/mol. The van der Waals surface area contributed by atoms with Crippen LogP contribution in [0.4, 0.5) is 18.9 Å². The van der Waals surface area contributed by atoms with E-state index in [0.717, 1.165) is 9.79 Å². The van der Waals surface area contributed by atoms with Crippen LogP contribution in [0.15, 0.2) is 64.4 Å². The first-order chi connectivity index (χ1) is 9.45. The first-order valence-electron chi connectivity index (χ1n) is 5.66. The first kappa shape index (κ1) is 14.5. The quantitative estimate of drug-likeness (QED) is 0.913. The van der Waals surface area contributed by atoms with E-state index in [1.54, 1.807) is 17.4 Å². The molecule has 2 rings (SSSR count). The van der Waals surface area contributed by atoms with Gasteiger partial charge in [-0.3, -0.25) is 4.79 Å². The zero-order valence-electron chi connectivity index (χ0n) is 10.1. The molecule has 0 atom stereocenters. The van der Waals surface area contributed by atoms with E-state index in [9.17, 15) is 18.0 Å². The Hall–Kier alpha value is -1.95. The average molecular weight is 297 g/mol. The highest BCUT2D eigenvalue weighted by Gasteiger charge is 2.38. The average Bonchev–Trinajstić information content (AvgIpc) is 2.41. The Kier molecular flexibility index (Phi) is 4.34. The van der Waals surface area contributed by atoms with Crippen LogP contribution in [0.3, 0.4) is 0 Å². The van der Waals surface area contributed by atoms with E-state index in [-0.39, 0.29) is 5.69 Å². The van der Waals surface area contributed by atoms with Crippen molar-refractivity contribution in [2.75, 3.05) is 5.32 Å². The standard InChI is InChI=1S/C14H10F3NOS/c15-14(16,17)13(19)18-10-6-8-12(9-7-10)20-11-4-2-1-3-5-11/h1-9H,(H,18,19). The SMILES string of the molecule is O=C(Nc1ccc(Sc2ccccc2)cc1)C(F)(F)F. The number of amides is 1. The summed E-state index contributed by atoms with van der Waals surface area (Å²) in [6.45, 7) is 0. The smallest absolute Gasteiger partial charge is 0.318 e. The fraction of sp³-hybridized carbons (Fsp3) is 0.0714. The molecule has 0 saturated heterocycles. The molecular weight excluding hydrogens is 287 g/mol. The van der Waals surface area contributed by atoms with Crippen LogP contribution in [-0.2, 0) is 4.79 Å². The lowest BCUT2D eigenvalue weighted by atomic mass is 10.3. The van der Waals surface area contributed by atoms with Crippen molar-refractivity contribution < 1.29 is 18.0 Å². The van der Waals surface area contributed by atoms with Crippen molar-refractivity contribution in [2.24, 2.45) is 0 Å². The van der Waals surface area contributed by atoms with Crippen molar-refractivity contribution in [3.05, 3.63) is 54.6 Å². The Morgan fingerprint density at radius 1 is 0.900 bits per heavy atom. The topological polar surface area (TPSA) is 29.1 Å². The summed E-state index contributed by atoms with van der Waals surface area (Å²) in [5, 5.41) is 1.80. The van der Waals surface area contributed by atoms with Gasteiger partial charge in [0.1, 0.15) is 0 Å². The number of carbonyl (C=O) groups is 1. The van der Waals surface area contributed by atoms with E-state index in [4.69, 9.17) is 0 Å². The minimum atomic E-state index is -4.88. The van der Waals surface area contributed by atoms with Crippen LogP contribution in [0, 0.1) is 0 Å². The van der Waals surface area contributed by atoms with E-state index in [0.29, 0.717) is 0 Å². The van der Waals surface area contributed by atoms with Gasteiger partial charge in [0, 0.05) is 15.5 Å². The van der Waals surface area contributed by atoms with E-state index < -0.39 is 12.1 Å². The Morgan fingerprint density at radius 3 is 2.00 bits per heavy atom. The van der Waals surface area contributed by atoms with Crippen LogP contribution < -0.4 is 5.32 Å². The van der Waals surface area contributed by atoms with Crippen LogP contribution in [-0.4, -0.2) is 12.1 Å². The zero-order valence-corrected chi connectivity index (χ0v) is 11.0. The normalized spacial score (nSPS) is 11.2. The summed E-state index contributed by atoms with van der Waals surface area (Å²) in [5.41, 5.74) is 0.115. The minimum Gasteiger partial charge on any atom is -0.318 e. The Labute approximate surface area is 118 Å². The monoisotopic (exact) mass is 297 g/mol. The minimum absolute atomic E-state index is 0.115. The van der Waals surface area contributed by atoms with Gasteiger partial charge in [0.2, 0.25) is 0 Å². The van der Waals surface area contributed by atoms with Crippen molar-refractivity contribution >= 4 is 23.4 Å². The second-order valence-electron chi connectivity index (χ2n) is 3.89. The van der Waals surface area contributed by atoms with Gasteiger partial charge < -0.3 is 5.32 Å². The largest absolute Gasteiger partial charge is 0.471 e. The lowest BCUT2D eigenvalue weighted by molar-refractivity contribution is -0.167. The van der Waals surface area contributed by atoms with Gasteiger partial charge in [0.05, 0.1) is 0 Å². The van der Waals surface area contributed by atoms with E-state index in [1.807, 2.05) is 30.3 Å². The van der Waals surface area contributed by atoms with E-state index >= 15 is 0 Å². The molecule has 0 saturated carbocycles. The summed E-state index contributed by atoms with van der Waals surface area (Å²) in [7, 11) is 0. The summed E-state index contributed by atoms with van der Waals surface area (Å²) in [6, 6.07) is 15.8. The molecule has 1 amide bonds. The van der Waals surface area contributed by atoms with Crippen LogP contribution in [0.1, 0.15) is 0 Å². The molecule has 1 N–H and O–H groups in total. The maximum atomic E-state index is 12.1.